The number of amidine groups is 1. The van der Waals surface area contributed by atoms with Crippen LogP contribution in [0.25, 0.3) is 6.08 Å². The van der Waals surface area contributed by atoms with Gasteiger partial charge in [-0.2, -0.15) is 0 Å². The van der Waals surface area contributed by atoms with Crippen molar-refractivity contribution in [2.24, 2.45) is 4.99 Å². The van der Waals surface area contributed by atoms with E-state index < -0.39 is 5.97 Å². The molecule has 1 aliphatic rings. The minimum absolute atomic E-state index is 0.154. The van der Waals surface area contributed by atoms with Crippen molar-refractivity contribution in [1.29, 1.82) is 0 Å². The smallest absolute Gasteiger partial charge is 0.337 e. The number of aliphatic imine (C=N–C) groups is 1. The fraction of sp³-hybridized carbons (Fsp3) is 0.261. The topological polar surface area (TPSA) is 77.4 Å². The second-order valence-corrected chi connectivity index (χ2v) is 7.68. The number of thioether (sulfide) groups is 1. The molecular formula is C23H24N2O5S. The molecule has 0 radical (unpaired) electrons. The Morgan fingerprint density at radius 1 is 1.16 bits per heavy atom. The lowest BCUT2D eigenvalue weighted by Gasteiger charge is -2.10. The first-order chi connectivity index (χ1) is 15.0. The molecule has 0 aromatic heterocycles. The fourth-order valence-corrected chi connectivity index (χ4v) is 3.83. The molecule has 3 rings (SSSR count). The highest BCUT2D eigenvalue weighted by molar-refractivity contribution is 8.18. The largest absolute Gasteiger partial charge is 0.493 e. The first-order valence-electron chi connectivity index (χ1n) is 9.72. The van der Waals surface area contributed by atoms with Gasteiger partial charge in [-0.1, -0.05) is 19.1 Å². The zero-order valence-electron chi connectivity index (χ0n) is 17.9. The maximum atomic E-state index is 12.7. The molecule has 162 valence electrons. The minimum Gasteiger partial charge on any atom is -0.493 e. The quantitative estimate of drug-likeness (QED) is 0.466. The summed E-state index contributed by atoms with van der Waals surface area (Å²) in [6.07, 6.45) is 2.69. The Bertz CT molecular complexity index is 1050. The van der Waals surface area contributed by atoms with E-state index in [9.17, 15) is 9.59 Å². The predicted octanol–water partition coefficient (Wildman–Crippen LogP) is 4.50. The first-order valence-corrected chi connectivity index (χ1v) is 10.5. The standard InChI is InChI=1S/C23H24N2O5S/c1-5-11-30-18-10-9-15(12-19(18)28-3)13-20-21(26)25(2)23(31-20)24-17-8-6-7-16(14-17)22(27)29-4/h6-10,12-14H,5,11H2,1-4H3. The van der Waals surface area contributed by atoms with Crippen molar-refractivity contribution in [2.45, 2.75) is 13.3 Å². The van der Waals surface area contributed by atoms with Crippen molar-refractivity contribution in [1.82, 2.24) is 4.90 Å². The Morgan fingerprint density at radius 2 is 1.97 bits per heavy atom. The number of carbonyl (C=O) groups is 2. The highest BCUT2D eigenvalue weighted by atomic mass is 32.2. The average molecular weight is 441 g/mol. The number of likely N-dealkylation sites (N-methyl/N-ethyl adjacent to an activating group) is 1. The third kappa shape index (κ3) is 5.27. The number of nitrogens with zero attached hydrogens (tertiary/aromatic N) is 2. The SMILES string of the molecule is CCCOc1ccc(C=C2SC(=Nc3cccc(C(=O)OC)c3)N(C)C2=O)cc1OC. The summed E-state index contributed by atoms with van der Waals surface area (Å²) in [6, 6.07) is 12.3. The Morgan fingerprint density at radius 3 is 2.68 bits per heavy atom. The third-order valence-electron chi connectivity index (χ3n) is 4.44. The zero-order valence-corrected chi connectivity index (χ0v) is 18.7. The van der Waals surface area contributed by atoms with Crippen molar-refractivity contribution in [3.8, 4) is 11.5 Å². The van der Waals surface area contributed by atoms with Gasteiger partial charge in [-0.3, -0.25) is 9.69 Å². The van der Waals surface area contributed by atoms with Gasteiger partial charge in [0.1, 0.15) is 0 Å². The van der Waals surface area contributed by atoms with E-state index in [1.807, 2.05) is 25.1 Å². The van der Waals surface area contributed by atoms with Gasteiger partial charge in [0, 0.05) is 7.05 Å². The van der Waals surface area contributed by atoms with Crippen molar-refractivity contribution in [2.75, 3.05) is 27.9 Å². The Balaban J connectivity index is 1.85. The summed E-state index contributed by atoms with van der Waals surface area (Å²) in [5.74, 6) is 0.687. The first kappa shape index (κ1) is 22.4. The number of methoxy groups -OCH3 is 2. The van der Waals surface area contributed by atoms with Gasteiger partial charge in [-0.15, -0.1) is 0 Å². The van der Waals surface area contributed by atoms with E-state index in [0.29, 0.717) is 39.4 Å². The van der Waals surface area contributed by atoms with E-state index in [4.69, 9.17) is 14.2 Å². The molecule has 31 heavy (non-hydrogen) atoms. The molecule has 0 N–H and O–H groups in total. The van der Waals surface area contributed by atoms with E-state index in [1.165, 1.54) is 23.8 Å². The van der Waals surface area contributed by atoms with Crippen LogP contribution in [0.15, 0.2) is 52.4 Å². The average Bonchev–Trinajstić information content (AvgIpc) is 3.05. The monoisotopic (exact) mass is 440 g/mol. The number of ether oxygens (including phenoxy) is 3. The second-order valence-electron chi connectivity index (χ2n) is 6.67. The number of carbonyl (C=O) groups excluding carboxylic acids is 2. The van der Waals surface area contributed by atoms with Gasteiger partial charge in [0.15, 0.2) is 16.7 Å². The van der Waals surface area contributed by atoms with Crippen LogP contribution in [-0.4, -0.2) is 49.8 Å². The van der Waals surface area contributed by atoms with Gasteiger partial charge in [-0.05, 0) is 60.2 Å². The third-order valence-corrected chi connectivity index (χ3v) is 5.50. The maximum absolute atomic E-state index is 12.7. The molecule has 1 amide bonds. The lowest BCUT2D eigenvalue weighted by Crippen LogP contribution is -2.23. The van der Waals surface area contributed by atoms with E-state index in [-0.39, 0.29) is 5.91 Å². The van der Waals surface area contributed by atoms with Crippen molar-refractivity contribution in [3.63, 3.8) is 0 Å². The van der Waals surface area contributed by atoms with Crippen LogP contribution in [-0.2, 0) is 9.53 Å². The molecule has 0 aliphatic carbocycles. The molecule has 1 aliphatic heterocycles. The number of benzene rings is 2. The van der Waals surface area contributed by atoms with Gasteiger partial charge in [0.05, 0.1) is 37.0 Å². The van der Waals surface area contributed by atoms with Crippen LogP contribution >= 0.6 is 11.8 Å². The van der Waals surface area contributed by atoms with Crippen molar-refractivity contribution < 1.29 is 23.8 Å². The van der Waals surface area contributed by atoms with E-state index in [2.05, 4.69) is 4.99 Å². The molecular weight excluding hydrogens is 416 g/mol. The van der Waals surface area contributed by atoms with Gasteiger partial charge in [0.25, 0.3) is 5.91 Å². The molecule has 0 unspecified atom stereocenters. The highest BCUT2D eigenvalue weighted by Gasteiger charge is 2.30. The number of hydrogen-bond acceptors (Lipinski definition) is 7. The molecule has 1 heterocycles. The molecule has 8 heteroatoms. The van der Waals surface area contributed by atoms with Crippen LogP contribution in [0.5, 0.6) is 11.5 Å². The van der Waals surface area contributed by atoms with Crippen LogP contribution in [0.3, 0.4) is 0 Å². The van der Waals surface area contributed by atoms with Crippen LogP contribution in [0.4, 0.5) is 5.69 Å². The minimum atomic E-state index is -0.438. The molecule has 7 nitrogen and oxygen atoms in total. The summed E-state index contributed by atoms with van der Waals surface area (Å²) in [5.41, 5.74) is 1.78. The molecule has 0 bridgehead atoms. The molecule has 2 aromatic rings. The molecule has 2 aromatic carbocycles. The summed E-state index contributed by atoms with van der Waals surface area (Å²) in [5, 5.41) is 0.521. The second kappa shape index (κ2) is 10.2. The maximum Gasteiger partial charge on any atom is 0.337 e. The van der Waals surface area contributed by atoms with Crippen LogP contribution < -0.4 is 9.47 Å². The Labute approximate surface area is 185 Å². The van der Waals surface area contributed by atoms with Crippen molar-refractivity contribution in [3.05, 3.63) is 58.5 Å². The number of hydrogen-bond donors (Lipinski definition) is 0. The normalized spacial score (nSPS) is 16.1. The van der Waals surface area contributed by atoms with Crippen LogP contribution in [0.2, 0.25) is 0 Å². The summed E-state index contributed by atoms with van der Waals surface area (Å²) >= 11 is 1.27. The summed E-state index contributed by atoms with van der Waals surface area (Å²) < 4.78 is 15.8. The molecule has 0 saturated carbocycles. The number of esters is 1. The van der Waals surface area contributed by atoms with Gasteiger partial charge >= 0.3 is 5.97 Å². The lowest BCUT2D eigenvalue weighted by molar-refractivity contribution is -0.121. The van der Waals surface area contributed by atoms with Gasteiger partial charge in [-0.25, -0.2) is 9.79 Å². The molecule has 0 atom stereocenters. The lowest BCUT2D eigenvalue weighted by atomic mass is 10.2. The van der Waals surface area contributed by atoms with E-state index in [1.54, 1.807) is 44.5 Å². The number of amides is 1. The van der Waals surface area contributed by atoms with E-state index in [0.717, 1.165) is 12.0 Å². The molecule has 1 fully saturated rings. The van der Waals surface area contributed by atoms with Gasteiger partial charge < -0.3 is 14.2 Å². The van der Waals surface area contributed by atoms with Gasteiger partial charge in [0.2, 0.25) is 0 Å². The highest BCUT2D eigenvalue weighted by Crippen LogP contribution is 2.35. The Kier molecular flexibility index (Phi) is 7.36. The molecule has 0 spiro atoms. The fourth-order valence-electron chi connectivity index (χ4n) is 2.84. The Hall–Kier alpha value is -3.26. The van der Waals surface area contributed by atoms with Crippen LogP contribution in [0, 0.1) is 0 Å². The van der Waals surface area contributed by atoms with E-state index >= 15 is 0 Å². The summed E-state index contributed by atoms with van der Waals surface area (Å²) in [4.78, 5) is 31.0. The van der Waals surface area contributed by atoms with Crippen LogP contribution in [0.1, 0.15) is 29.3 Å². The predicted molar refractivity (Wildman–Crippen MR) is 122 cm³/mol. The number of rotatable bonds is 7. The zero-order chi connectivity index (χ0) is 22.4. The summed E-state index contributed by atoms with van der Waals surface area (Å²) in [7, 11) is 4.58. The van der Waals surface area contributed by atoms with Crippen molar-refractivity contribution >= 4 is 40.6 Å². The molecule has 1 saturated heterocycles. The summed E-state index contributed by atoms with van der Waals surface area (Å²) in [6.45, 7) is 2.64.